The zero-order chi connectivity index (χ0) is 15.7. The number of rotatable bonds is 4. The van der Waals surface area contributed by atoms with Crippen LogP contribution in [0.25, 0.3) is 11.4 Å². The van der Waals surface area contributed by atoms with Crippen molar-refractivity contribution in [2.24, 2.45) is 0 Å². The standard InChI is InChI=1S/C15H16FN3O3/c1-17-13(20)15(6-3-7-15)14-18-12(19-22-14)9-4-5-10(16)11(8-9)21-2/h4-5,8H,3,6-7H2,1-2H3,(H,17,20). The van der Waals surface area contributed by atoms with Gasteiger partial charge in [-0.15, -0.1) is 0 Å². The van der Waals surface area contributed by atoms with E-state index >= 15 is 0 Å². The van der Waals surface area contributed by atoms with E-state index in [1.54, 1.807) is 13.1 Å². The van der Waals surface area contributed by atoms with Gasteiger partial charge in [0.15, 0.2) is 11.6 Å². The maximum atomic E-state index is 13.5. The van der Waals surface area contributed by atoms with E-state index in [0.29, 0.717) is 30.1 Å². The molecule has 22 heavy (non-hydrogen) atoms. The molecular weight excluding hydrogens is 289 g/mol. The Kier molecular flexibility index (Phi) is 3.56. The summed E-state index contributed by atoms with van der Waals surface area (Å²) in [6, 6.07) is 4.32. The number of likely N-dealkylation sites (N-methyl/N-ethyl adjacent to an activating group) is 1. The zero-order valence-corrected chi connectivity index (χ0v) is 12.4. The van der Waals surface area contributed by atoms with E-state index in [1.807, 2.05) is 0 Å². The fraction of sp³-hybridized carbons (Fsp3) is 0.400. The highest BCUT2D eigenvalue weighted by Crippen LogP contribution is 2.43. The number of methoxy groups -OCH3 is 1. The van der Waals surface area contributed by atoms with Gasteiger partial charge in [-0.05, 0) is 31.0 Å². The van der Waals surface area contributed by atoms with E-state index in [-0.39, 0.29) is 11.7 Å². The summed E-state index contributed by atoms with van der Waals surface area (Å²) in [6.45, 7) is 0. The van der Waals surface area contributed by atoms with Gasteiger partial charge in [-0.25, -0.2) is 4.39 Å². The molecule has 116 valence electrons. The second-order valence-electron chi connectivity index (χ2n) is 5.29. The number of aromatic nitrogens is 2. The van der Waals surface area contributed by atoms with Gasteiger partial charge in [0, 0.05) is 12.6 Å². The molecule has 3 rings (SSSR count). The number of carbonyl (C=O) groups is 1. The van der Waals surface area contributed by atoms with Crippen LogP contribution < -0.4 is 10.1 Å². The summed E-state index contributed by atoms with van der Waals surface area (Å²) in [6.07, 6.45) is 2.30. The van der Waals surface area contributed by atoms with Crippen molar-refractivity contribution in [1.82, 2.24) is 15.5 Å². The van der Waals surface area contributed by atoms with Crippen molar-refractivity contribution < 1.29 is 18.4 Å². The lowest BCUT2D eigenvalue weighted by atomic mass is 9.68. The van der Waals surface area contributed by atoms with Gasteiger partial charge in [0.25, 0.3) is 0 Å². The Balaban J connectivity index is 1.96. The molecule has 0 atom stereocenters. The molecule has 6 nitrogen and oxygen atoms in total. The molecule has 0 saturated heterocycles. The Morgan fingerprint density at radius 1 is 1.45 bits per heavy atom. The predicted octanol–water partition coefficient (Wildman–Crippen LogP) is 2.05. The van der Waals surface area contributed by atoms with Gasteiger partial charge in [0.2, 0.25) is 17.6 Å². The van der Waals surface area contributed by atoms with E-state index in [0.717, 1.165) is 6.42 Å². The van der Waals surface area contributed by atoms with Gasteiger partial charge in [-0.2, -0.15) is 4.98 Å². The Hall–Kier alpha value is -2.44. The van der Waals surface area contributed by atoms with E-state index in [9.17, 15) is 9.18 Å². The van der Waals surface area contributed by atoms with E-state index in [2.05, 4.69) is 15.5 Å². The van der Waals surface area contributed by atoms with Crippen LogP contribution >= 0.6 is 0 Å². The molecule has 2 aromatic rings. The number of benzene rings is 1. The maximum absolute atomic E-state index is 13.5. The second-order valence-corrected chi connectivity index (χ2v) is 5.29. The summed E-state index contributed by atoms with van der Waals surface area (Å²) in [5, 5.41) is 6.56. The van der Waals surface area contributed by atoms with Crippen LogP contribution in [0.5, 0.6) is 5.75 Å². The number of halogens is 1. The topological polar surface area (TPSA) is 77.2 Å². The Morgan fingerprint density at radius 3 is 2.82 bits per heavy atom. The van der Waals surface area contributed by atoms with Gasteiger partial charge >= 0.3 is 0 Å². The summed E-state index contributed by atoms with van der Waals surface area (Å²) in [5.74, 6) is 0.134. The fourth-order valence-electron chi connectivity index (χ4n) is 2.64. The normalized spacial score (nSPS) is 16.0. The van der Waals surface area contributed by atoms with Crippen molar-refractivity contribution in [3.63, 3.8) is 0 Å². The summed E-state index contributed by atoms with van der Waals surface area (Å²) in [4.78, 5) is 16.4. The average molecular weight is 305 g/mol. The molecule has 1 N–H and O–H groups in total. The Bertz CT molecular complexity index is 710. The third-order valence-corrected chi connectivity index (χ3v) is 4.11. The minimum atomic E-state index is -0.732. The fourth-order valence-corrected chi connectivity index (χ4v) is 2.64. The first-order valence-electron chi connectivity index (χ1n) is 7.01. The van der Waals surface area contributed by atoms with Crippen LogP contribution in [0.2, 0.25) is 0 Å². The van der Waals surface area contributed by atoms with Gasteiger partial charge in [-0.1, -0.05) is 11.6 Å². The van der Waals surface area contributed by atoms with Gasteiger partial charge < -0.3 is 14.6 Å². The van der Waals surface area contributed by atoms with Gasteiger partial charge in [0.1, 0.15) is 5.41 Å². The average Bonchev–Trinajstić information content (AvgIpc) is 2.96. The second kappa shape index (κ2) is 5.40. The molecule has 1 aromatic heterocycles. The van der Waals surface area contributed by atoms with Crippen LogP contribution in [0.1, 0.15) is 25.2 Å². The molecule has 1 aliphatic carbocycles. The largest absolute Gasteiger partial charge is 0.494 e. The number of carbonyl (C=O) groups excluding carboxylic acids is 1. The summed E-state index contributed by atoms with van der Waals surface area (Å²) < 4.78 is 23.7. The van der Waals surface area contributed by atoms with E-state index < -0.39 is 11.2 Å². The molecule has 1 aliphatic rings. The molecule has 0 spiro atoms. The molecule has 0 unspecified atom stereocenters. The van der Waals surface area contributed by atoms with Crippen molar-refractivity contribution in [3.05, 3.63) is 29.9 Å². The van der Waals surface area contributed by atoms with Crippen LogP contribution in [0.3, 0.4) is 0 Å². The monoisotopic (exact) mass is 305 g/mol. The number of nitrogens with zero attached hydrogens (tertiary/aromatic N) is 2. The highest BCUT2D eigenvalue weighted by molar-refractivity contribution is 5.87. The molecule has 1 saturated carbocycles. The molecule has 1 aromatic carbocycles. The number of hydrogen-bond acceptors (Lipinski definition) is 5. The lowest BCUT2D eigenvalue weighted by Gasteiger charge is -2.35. The molecular formula is C15H16FN3O3. The molecule has 7 heteroatoms. The minimum absolute atomic E-state index is 0.105. The van der Waals surface area contributed by atoms with Crippen LogP contribution in [0.4, 0.5) is 4.39 Å². The van der Waals surface area contributed by atoms with Crippen LogP contribution in [0.15, 0.2) is 22.7 Å². The number of ether oxygens (including phenoxy) is 1. The van der Waals surface area contributed by atoms with Gasteiger partial charge in [-0.3, -0.25) is 4.79 Å². The summed E-state index contributed by atoms with van der Waals surface area (Å²) in [5.41, 5.74) is -0.163. The van der Waals surface area contributed by atoms with Crippen LogP contribution in [-0.2, 0) is 10.2 Å². The number of nitrogens with one attached hydrogen (secondary N) is 1. The Morgan fingerprint density at radius 2 is 2.23 bits per heavy atom. The van der Waals surface area contributed by atoms with Crippen molar-refractivity contribution >= 4 is 5.91 Å². The van der Waals surface area contributed by atoms with Crippen molar-refractivity contribution in [2.75, 3.05) is 14.2 Å². The van der Waals surface area contributed by atoms with Crippen LogP contribution in [0, 0.1) is 5.82 Å². The third kappa shape index (κ3) is 2.13. The van der Waals surface area contributed by atoms with Gasteiger partial charge in [0.05, 0.1) is 7.11 Å². The van der Waals surface area contributed by atoms with E-state index in [1.165, 1.54) is 19.2 Å². The van der Waals surface area contributed by atoms with Crippen molar-refractivity contribution in [1.29, 1.82) is 0 Å². The minimum Gasteiger partial charge on any atom is -0.494 e. The van der Waals surface area contributed by atoms with Crippen molar-refractivity contribution in [2.45, 2.75) is 24.7 Å². The number of amides is 1. The predicted molar refractivity (Wildman–Crippen MR) is 75.8 cm³/mol. The molecule has 0 aliphatic heterocycles. The van der Waals surface area contributed by atoms with Crippen LogP contribution in [-0.4, -0.2) is 30.2 Å². The first-order chi connectivity index (χ1) is 10.6. The summed E-state index contributed by atoms with van der Waals surface area (Å²) >= 11 is 0. The lowest BCUT2D eigenvalue weighted by molar-refractivity contribution is -0.130. The van der Waals surface area contributed by atoms with E-state index in [4.69, 9.17) is 9.26 Å². The SMILES string of the molecule is CNC(=O)C1(c2nc(-c3ccc(F)c(OC)c3)no2)CCC1. The maximum Gasteiger partial charge on any atom is 0.242 e. The molecule has 0 radical (unpaired) electrons. The Labute approximate surface area is 126 Å². The van der Waals surface area contributed by atoms with Crippen molar-refractivity contribution in [3.8, 4) is 17.1 Å². The molecule has 1 heterocycles. The highest BCUT2D eigenvalue weighted by atomic mass is 19.1. The number of hydrogen-bond donors (Lipinski definition) is 1. The first-order valence-corrected chi connectivity index (χ1v) is 7.01. The highest BCUT2D eigenvalue weighted by Gasteiger charge is 2.50. The third-order valence-electron chi connectivity index (χ3n) is 4.11. The quantitative estimate of drug-likeness (QED) is 0.935. The zero-order valence-electron chi connectivity index (χ0n) is 12.4. The lowest BCUT2D eigenvalue weighted by Crippen LogP contribution is -2.48. The molecule has 1 amide bonds. The summed E-state index contributed by atoms with van der Waals surface area (Å²) in [7, 11) is 2.98. The first kappa shape index (κ1) is 14.5. The smallest absolute Gasteiger partial charge is 0.242 e. The molecule has 0 bridgehead atoms. The molecule has 1 fully saturated rings.